The molecule has 0 aliphatic carbocycles. The summed E-state index contributed by atoms with van der Waals surface area (Å²) in [5, 5.41) is 2.59. The van der Waals surface area contributed by atoms with Crippen molar-refractivity contribution in [2.45, 2.75) is 19.6 Å². The van der Waals surface area contributed by atoms with Crippen LogP contribution in [0.2, 0.25) is 0 Å². The highest BCUT2D eigenvalue weighted by molar-refractivity contribution is 7.46. The molecule has 0 aromatic heterocycles. The molecule has 0 saturated heterocycles. The molecule has 0 amide bonds. The molecule has 0 heterocycles. The quantitative estimate of drug-likeness (QED) is 0.409. The van der Waals surface area contributed by atoms with E-state index in [1.54, 1.807) is 14.0 Å². The first kappa shape index (κ1) is 10.1. The highest BCUT2D eigenvalue weighted by Gasteiger charge is 2.18. The van der Waals surface area contributed by atoms with Gasteiger partial charge in [0.15, 0.2) is 0 Å². The average Bonchev–Trinajstić information content (AvgIpc) is 1.81. The molecular formula is C4H12NO4P. The van der Waals surface area contributed by atoms with Crippen LogP contribution in [0.15, 0.2) is 0 Å². The second-order valence-corrected chi connectivity index (χ2v) is 2.97. The third-order valence-corrected chi connectivity index (χ3v) is 1.49. The molecule has 0 rings (SSSR count). The molecule has 0 bridgehead atoms. The number of hydrogen-bond acceptors (Lipinski definition) is 3. The van der Waals surface area contributed by atoms with Gasteiger partial charge in [0.1, 0.15) is 6.23 Å². The maximum Gasteiger partial charge on any atom is 0.471 e. The predicted molar refractivity (Wildman–Crippen MR) is 36.3 cm³/mol. The first-order valence-corrected chi connectivity index (χ1v) is 4.44. The lowest BCUT2D eigenvalue weighted by molar-refractivity contribution is 0.112. The van der Waals surface area contributed by atoms with Crippen LogP contribution in [0.25, 0.3) is 0 Å². The van der Waals surface area contributed by atoms with Crippen molar-refractivity contribution >= 4 is 7.82 Å². The normalized spacial score (nSPS) is 15.2. The largest absolute Gasteiger partial charge is 0.471 e. The molecule has 10 heavy (non-hydrogen) atoms. The van der Waals surface area contributed by atoms with E-state index in [1.807, 2.05) is 0 Å². The molecule has 1 atom stereocenters. The number of rotatable bonds is 4. The van der Waals surface area contributed by atoms with Gasteiger partial charge in [0.05, 0.1) is 0 Å². The molecule has 6 heteroatoms. The van der Waals surface area contributed by atoms with E-state index >= 15 is 0 Å². The fraction of sp³-hybridized carbons (Fsp3) is 1.00. The lowest BCUT2D eigenvalue weighted by atomic mass is 10.4. The van der Waals surface area contributed by atoms with E-state index in [9.17, 15) is 4.57 Å². The lowest BCUT2D eigenvalue weighted by Gasteiger charge is -2.14. The molecule has 0 aliphatic heterocycles. The first-order valence-electron chi connectivity index (χ1n) is 2.90. The second-order valence-electron chi connectivity index (χ2n) is 1.78. The minimum Gasteiger partial charge on any atom is -0.303 e. The molecule has 0 aliphatic rings. The fourth-order valence-corrected chi connectivity index (χ4v) is 1.08. The van der Waals surface area contributed by atoms with E-state index in [0.717, 1.165) is 0 Å². The Morgan fingerprint density at radius 2 is 2.20 bits per heavy atom. The Balaban J connectivity index is 3.75. The third-order valence-electron chi connectivity index (χ3n) is 0.957. The van der Waals surface area contributed by atoms with Crippen LogP contribution in [0.4, 0.5) is 0 Å². The van der Waals surface area contributed by atoms with Gasteiger partial charge in [0.2, 0.25) is 0 Å². The Labute approximate surface area is 59.6 Å². The van der Waals surface area contributed by atoms with Crippen molar-refractivity contribution in [2.75, 3.05) is 7.05 Å². The van der Waals surface area contributed by atoms with E-state index in [-0.39, 0.29) is 0 Å². The molecule has 0 saturated carbocycles. The third kappa shape index (κ3) is 4.90. The van der Waals surface area contributed by atoms with Crippen molar-refractivity contribution in [2.24, 2.45) is 0 Å². The molecule has 0 spiro atoms. The predicted octanol–water partition coefficient (Wildman–Crippen LogP) is 0.0512. The van der Waals surface area contributed by atoms with Gasteiger partial charge in [-0.15, -0.1) is 0 Å². The smallest absolute Gasteiger partial charge is 0.303 e. The Morgan fingerprint density at radius 3 is 2.30 bits per heavy atom. The van der Waals surface area contributed by atoms with Crippen LogP contribution >= 0.6 is 7.82 Å². The molecule has 62 valence electrons. The van der Waals surface area contributed by atoms with Gasteiger partial charge in [-0.25, -0.2) is 4.57 Å². The summed E-state index contributed by atoms with van der Waals surface area (Å²) in [5.74, 6) is 0. The van der Waals surface area contributed by atoms with Gasteiger partial charge in [0, 0.05) is 0 Å². The van der Waals surface area contributed by atoms with Gasteiger partial charge < -0.3 is 9.79 Å². The Kier molecular flexibility index (Phi) is 4.08. The van der Waals surface area contributed by atoms with E-state index in [1.165, 1.54) is 0 Å². The summed E-state index contributed by atoms with van der Waals surface area (Å²) in [5.41, 5.74) is 0. The Morgan fingerprint density at radius 1 is 1.70 bits per heavy atom. The van der Waals surface area contributed by atoms with Crippen LogP contribution < -0.4 is 5.32 Å². The van der Waals surface area contributed by atoms with E-state index in [2.05, 4.69) is 9.84 Å². The van der Waals surface area contributed by atoms with Crippen molar-refractivity contribution in [1.82, 2.24) is 5.32 Å². The number of phosphoric acid groups is 1. The first-order chi connectivity index (χ1) is 4.49. The summed E-state index contributed by atoms with van der Waals surface area (Å²) in [6.07, 6.45) is -0.0532. The summed E-state index contributed by atoms with van der Waals surface area (Å²) in [4.78, 5) is 16.6. The summed E-state index contributed by atoms with van der Waals surface area (Å²) in [6.45, 7) is 1.76. The minimum absolute atomic E-state index is 0.515. The molecule has 3 N–H and O–H groups in total. The molecule has 0 aromatic carbocycles. The number of hydrogen-bond donors (Lipinski definition) is 3. The maximum atomic E-state index is 10.2. The van der Waals surface area contributed by atoms with E-state index in [0.29, 0.717) is 6.42 Å². The molecule has 0 fully saturated rings. The van der Waals surface area contributed by atoms with Crippen LogP contribution in [-0.4, -0.2) is 23.1 Å². The molecule has 0 aromatic rings. The van der Waals surface area contributed by atoms with E-state index < -0.39 is 14.1 Å². The maximum absolute atomic E-state index is 10.2. The summed E-state index contributed by atoms with van der Waals surface area (Å²) in [7, 11) is -2.74. The van der Waals surface area contributed by atoms with Crippen LogP contribution in [0.3, 0.4) is 0 Å². The number of phosphoric ester groups is 1. The highest BCUT2D eigenvalue weighted by Crippen LogP contribution is 2.37. The van der Waals surface area contributed by atoms with Crippen molar-refractivity contribution in [3.05, 3.63) is 0 Å². The summed E-state index contributed by atoms with van der Waals surface area (Å²) in [6, 6.07) is 0. The Bertz CT molecular complexity index is 129. The minimum atomic E-state index is -4.32. The topological polar surface area (TPSA) is 78.8 Å². The van der Waals surface area contributed by atoms with Gasteiger partial charge in [-0.05, 0) is 13.5 Å². The van der Waals surface area contributed by atoms with Crippen LogP contribution in [0.1, 0.15) is 13.3 Å². The van der Waals surface area contributed by atoms with Crippen molar-refractivity contribution in [3.8, 4) is 0 Å². The van der Waals surface area contributed by atoms with E-state index in [4.69, 9.17) is 9.79 Å². The van der Waals surface area contributed by atoms with Crippen LogP contribution in [-0.2, 0) is 9.09 Å². The highest BCUT2D eigenvalue weighted by atomic mass is 31.2. The zero-order valence-electron chi connectivity index (χ0n) is 5.94. The zero-order chi connectivity index (χ0) is 8.20. The van der Waals surface area contributed by atoms with Crippen molar-refractivity contribution in [3.63, 3.8) is 0 Å². The van der Waals surface area contributed by atoms with Gasteiger partial charge in [-0.2, -0.15) is 0 Å². The van der Waals surface area contributed by atoms with Gasteiger partial charge in [-0.1, -0.05) is 6.92 Å². The fourth-order valence-electron chi connectivity index (χ4n) is 0.497. The van der Waals surface area contributed by atoms with Gasteiger partial charge in [-0.3, -0.25) is 9.84 Å². The zero-order valence-corrected chi connectivity index (χ0v) is 6.84. The molecule has 0 radical (unpaired) electrons. The summed E-state index contributed by atoms with van der Waals surface area (Å²) < 4.78 is 14.5. The Hall–Kier alpha value is 0.0700. The lowest BCUT2D eigenvalue weighted by Crippen LogP contribution is -2.26. The average molecular weight is 169 g/mol. The van der Waals surface area contributed by atoms with Gasteiger partial charge >= 0.3 is 7.82 Å². The summed E-state index contributed by atoms with van der Waals surface area (Å²) >= 11 is 0. The van der Waals surface area contributed by atoms with Crippen LogP contribution in [0, 0.1) is 0 Å². The molecule has 1 unspecified atom stereocenters. The van der Waals surface area contributed by atoms with Crippen molar-refractivity contribution in [1.29, 1.82) is 0 Å². The molecule has 5 nitrogen and oxygen atoms in total. The van der Waals surface area contributed by atoms with Gasteiger partial charge in [0.25, 0.3) is 0 Å². The molecular weight excluding hydrogens is 157 g/mol. The second kappa shape index (κ2) is 4.05. The standard InChI is InChI=1S/C4H12NO4P/c1-3-4(5-2)9-10(6,7)8/h4-5H,3H2,1-2H3,(H2,6,7,8). The van der Waals surface area contributed by atoms with Crippen molar-refractivity contribution < 1.29 is 18.9 Å². The number of nitrogens with one attached hydrogen (secondary N) is 1. The van der Waals surface area contributed by atoms with Crippen LogP contribution in [0.5, 0.6) is 0 Å². The monoisotopic (exact) mass is 169 g/mol. The SMILES string of the molecule is CCC(NC)OP(=O)(O)O.